The second kappa shape index (κ2) is 6.73. The van der Waals surface area contributed by atoms with Crippen molar-refractivity contribution >= 4 is 17.9 Å². The predicted molar refractivity (Wildman–Crippen MR) is 67.0 cm³/mol. The van der Waals surface area contributed by atoms with Crippen molar-refractivity contribution in [1.29, 1.82) is 5.26 Å². The zero-order chi connectivity index (χ0) is 15.2. The van der Waals surface area contributed by atoms with E-state index in [0.717, 1.165) is 0 Å². The minimum atomic E-state index is -1.23. The fourth-order valence-corrected chi connectivity index (χ4v) is 1.20. The van der Waals surface area contributed by atoms with E-state index in [2.05, 4.69) is 5.32 Å². The third-order valence-corrected chi connectivity index (χ3v) is 2.80. The van der Waals surface area contributed by atoms with Crippen LogP contribution in [-0.2, 0) is 9.59 Å². The van der Waals surface area contributed by atoms with Gasteiger partial charge in [-0.25, -0.2) is 4.79 Å². The number of imide groups is 1. The number of hydrogen-bond acceptors (Lipinski definition) is 4. The molecular weight excluding hydrogens is 250 g/mol. The number of nitrogens with zero attached hydrogens (tertiary/aromatic N) is 2. The van der Waals surface area contributed by atoms with E-state index in [9.17, 15) is 14.4 Å². The van der Waals surface area contributed by atoms with Gasteiger partial charge in [-0.2, -0.15) is 5.26 Å². The number of carbonyl (C=O) groups is 3. The lowest BCUT2D eigenvalue weighted by Crippen LogP contribution is -2.46. The Kier molecular flexibility index (Phi) is 5.99. The Morgan fingerprint density at radius 1 is 1.42 bits per heavy atom. The van der Waals surface area contributed by atoms with E-state index in [0.29, 0.717) is 0 Å². The van der Waals surface area contributed by atoms with Gasteiger partial charge in [-0.1, -0.05) is 0 Å². The van der Waals surface area contributed by atoms with Crippen LogP contribution in [0.1, 0.15) is 33.6 Å². The number of aliphatic carboxylic acids is 1. The lowest BCUT2D eigenvalue weighted by atomic mass is 9.89. The van der Waals surface area contributed by atoms with Gasteiger partial charge in [0.25, 0.3) is 0 Å². The number of nitrogens with one attached hydrogen (secondary N) is 1. The molecule has 1 unspecified atom stereocenters. The summed E-state index contributed by atoms with van der Waals surface area (Å²) >= 11 is 0. The molecule has 19 heavy (non-hydrogen) atoms. The molecule has 0 aliphatic rings. The van der Waals surface area contributed by atoms with Gasteiger partial charge in [0, 0.05) is 19.5 Å². The van der Waals surface area contributed by atoms with Gasteiger partial charge >= 0.3 is 12.0 Å². The number of amides is 3. The molecule has 106 valence electrons. The molecule has 0 rings (SSSR count). The predicted octanol–water partition coefficient (Wildman–Crippen LogP) is 0.957. The average molecular weight is 269 g/mol. The highest BCUT2D eigenvalue weighted by Crippen LogP contribution is 2.20. The Balaban J connectivity index is 4.47. The number of urea groups is 1. The summed E-state index contributed by atoms with van der Waals surface area (Å²) in [5.74, 6) is -1.77. The fraction of sp³-hybridized carbons (Fsp3) is 0.667. The van der Waals surface area contributed by atoms with Crippen molar-refractivity contribution in [3.05, 3.63) is 0 Å². The molecule has 0 spiro atoms. The zero-order valence-corrected chi connectivity index (χ0v) is 11.6. The minimum absolute atomic E-state index is 0.152. The largest absolute Gasteiger partial charge is 0.481 e. The molecular formula is C12H19N3O4. The zero-order valence-electron chi connectivity index (χ0n) is 11.6. The van der Waals surface area contributed by atoms with Gasteiger partial charge in [-0.15, -0.1) is 0 Å². The standard InChI is InChI=1S/C12H19N3O4/c1-8(5-6-13)15(4)11(19)14-9(16)7-12(2,3)10(17)18/h8H,5,7H2,1-4H3,(H,17,18)(H,14,16,19). The molecule has 0 saturated carbocycles. The SMILES string of the molecule is CC(CC#N)N(C)C(=O)NC(=O)CC(C)(C)C(=O)O. The van der Waals surface area contributed by atoms with Crippen LogP contribution >= 0.6 is 0 Å². The van der Waals surface area contributed by atoms with Crippen LogP contribution in [0.15, 0.2) is 0 Å². The highest BCUT2D eigenvalue weighted by atomic mass is 16.4. The fourth-order valence-electron chi connectivity index (χ4n) is 1.20. The summed E-state index contributed by atoms with van der Waals surface area (Å²) in [4.78, 5) is 35.3. The number of carboxylic acid groups (broad SMARTS) is 1. The maximum atomic E-state index is 11.7. The number of nitriles is 1. The highest BCUT2D eigenvalue weighted by molar-refractivity contribution is 5.96. The lowest BCUT2D eigenvalue weighted by Gasteiger charge is -2.24. The molecule has 3 amide bonds. The van der Waals surface area contributed by atoms with Crippen LogP contribution in [0.2, 0.25) is 0 Å². The third-order valence-electron chi connectivity index (χ3n) is 2.80. The minimum Gasteiger partial charge on any atom is -0.481 e. The number of carbonyl (C=O) groups excluding carboxylic acids is 2. The van der Waals surface area contributed by atoms with Gasteiger partial charge < -0.3 is 10.0 Å². The quantitative estimate of drug-likeness (QED) is 0.772. The van der Waals surface area contributed by atoms with Gasteiger partial charge in [0.2, 0.25) is 5.91 Å². The second-order valence-corrected chi connectivity index (χ2v) is 5.04. The molecule has 7 nitrogen and oxygen atoms in total. The van der Waals surface area contributed by atoms with Crippen molar-refractivity contribution in [3.63, 3.8) is 0 Å². The summed E-state index contributed by atoms with van der Waals surface area (Å²) in [7, 11) is 1.47. The van der Waals surface area contributed by atoms with Crippen LogP contribution in [0, 0.1) is 16.7 Å². The van der Waals surface area contributed by atoms with Gasteiger partial charge in [-0.05, 0) is 20.8 Å². The summed E-state index contributed by atoms with van der Waals surface area (Å²) in [6.45, 7) is 4.48. The summed E-state index contributed by atoms with van der Waals surface area (Å²) in [6, 6.07) is 0.952. The Hall–Kier alpha value is -2.10. The molecule has 7 heteroatoms. The Morgan fingerprint density at radius 2 is 1.95 bits per heavy atom. The molecule has 0 fully saturated rings. The Bertz CT molecular complexity index is 412. The van der Waals surface area contributed by atoms with Crippen molar-refractivity contribution in [1.82, 2.24) is 10.2 Å². The number of hydrogen-bond donors (Lipinski definition) is 2. The van der Waals surface area contributed by atoms with Crippen molar-refractivity contribution in [2.75, 3.05) is 7.05 Å². The molecule has 0 heterocycles. The summed E-state index contributed by atoms with van der Waals surface area (Å²) in [6.07, 6.45) is -0.146. The molecule has 0 aromatic heterocycles. The van der Waals surface area contributed by atoms with E-state index < -0.39 is 23.3 Å². The van der Waals surface area contributed by atoms with Crippen LogP contribution in [-0.4, -0.2) is 41.0 Å². The van der Waals surface area contributed by atoms with Crippen LogP contribution < -0.4 is 5.32 Å². The molecule has 0 aromatic rings. The first kappa shape index (κ1) is 16.9. The van der Waals surface area contributed by atoms with Crippen LogP contribution in [0.4, 0.5) is 4.79 Å². The van der Waals surface area contributed by atoms with E-state index in [1.807, 2.05) is 6.07 Å². The third kappa shape index (κ3) is 5.38. The van der Waals surface area contributed by atoms with E-state index >= 15 is 0 Å². The monoisotopic (exact) mass is 269 g/mol. The molecule has 0 radical (unpaired) electrons. The first-order valence-electron chi connectivity index (χ1n) is 5.78. The average Bonchev–Trinajstić information content (AvgIpc) is 2.26. The summed E-state index contributed by atoms with van der Waals surface area (Å²) in [5.41, 5.74) is -1.23. The molecule has 0 bridgehead atoms. The second-order valence-electron chi connectivity index (χ2n) is 5.04. The summed E-state index contributed by atoms with van der Waals surface area (Å²) < 4.78 is 0. The van der Waals surface area contributed by atoms with Crippen LogP contribution in [0.3, 0.4) is 0 Å². The highest BCUT2D eigenvalue weighted by Gasteiger charge is 2.31. The van der Waals surface area contributed by atoms with E-state index in [-0.39, 0.29) is 18.9 Å². The summed E-state index contributed by atoms with van der Waals surface area (Å²) in [5, 5.41) is 19.5. The Labute approximate surface area is 112 Å². The van der Waals surface area contributed by atoms with Gasteiger partial charge in [-0.3, -0.25) is 14.9 Å². The lowest BCUT2D eigenvalue weighted by molar-refractivity contribution is -0.149. The molecule has 0 aliphatic carbocycles. The first-order chi connectivity index (χ1) is 8.61. The number of rotatable bonds is 5. The van der Waals surface area contributed by atoms with Crippen molar-refractivity contribution in [2.24, 2.45) is 5.41 Å². The molecule has 1 atom stereocenters. The smallest absolute Gasteiger partial charge is 0.324 e. The van der Waals surface area contributed by atoms with Gasteiger partial charge in [0.05, 0.1) is 17.9 Å². The first-order valence-corrected chi connectivity index (χ1v) is 5.78. The maximum absolute atomic E-state index is 11.7. The number of carboxylic acids is 1. The van der Waals surface area contributed by atoms with Crippen molar-refractivity contribution < 1.29 is 19.5 Å². The molecule has 0 aliphatic heterocycles. The maximum Gasteiger partial charge on any atom is 0.324 e. The van der Waals surface area contributed by atoms with Crippen LogP contribution in [0.25, 0.3) is 0 Å². The van der Waals surface area contributed by atoms with Crippen molar-refractivity contribution in [3.8, 4) is 6.07 Å². The topological polar surface area (TPSA) is 111 Å². The van der Waals surface area contributed by atoms with E-state index in [4.69, 9.17) is 10.4 Å². The molecule has 0 saturated heterocycles. The normalized spacial score (nSPS) is 12.2. The van der Waals surface area contributed by atoms with Crippen LogP contribution in [0.5, 0.6) is 0 Å². The van der Waals surface area contributed by atoms with Gasteiger partial charge in [0.15, 0.2) is 0 Å². The van der Waals surface area contributed by atoms with E-state index in [1.54, 1.807) is 6.92 Å². The van der Waals surface area contributed by atoms with E-state index in [1.165, 1.54) is 25.8 Å². The Morgan fingerprint density at radius 3 is 2.37 bits per heavy atom. The molecule has 2 N–H and O–H groups in total. The van der Waals surface area contributed by atoms with Gasteiger partial charge in [0.1, 0.15) is 0 Å². The van der Waals surface area contributed by atoms with Crippen molar-refractivity contribution in [2.45, 2.75) is 39.7 Å². The molecule has 0 aromatic carbocycles.